The number of fused-ring (bicyclic) bond motifs is 3. The van der Waals surface area contributed by atoms with Gasteiger partial charge in [-0.1, -0.05) is 6.08 Å². The fourth-order valence-electron chi connectivity index (χ4n) is 5.15. The first kappa shape index (κ1) is 21.2. The average Bonchev–Trinajstić information content (AvgIpc) is 3.28. The minimum Gasteiger partial charge on any atom is -0.487 e. The molecule has 0 saturated carbocycles. The van der Waals surface area contributed by atoms with E-state index in [1.54, 1.807) is 6.20 Å². The van der Waals surface area contributed by atoms with Crippen LogP contribution in [0.1, 0.15) is 47.6 Å². The molecule has 34 heavy (non-hydrogen) atoms. The Labute approximate surface area is 196 Å². The number of H-pyrrole nitrogens is 1. The van der Waals surface area contributed by atoms with Crippen molar-refractivity contribution in [1.82, 2.24) is 19.7 Å². The number of likely N-dealkylation sites (tertiary alicyclic amines) is 1. The minimum absolute atomic E-state index is 0.0103. The van der Waals surface area contributed by atoms with Crippen molar-refractivity contribution >= 4 is 27.7 Å². The van der Waals surface area contributed by atoms with Crippen LogP contribution < -0.4 is 5.56 Å². The van der Waals surface area contributed by atoms with Gasteiger partial charge in [0.25, 0.3) is 11.5 Å². The predicted molar refractivity (Wildman–Crippen MR) is 129 cm³/mol. The maximum Gasteiger partial charge on any atom is 0.259 e. The van der Waals surface area contributed by atoms with Crippen LogP contribution in [0.2, 0.25) is 0 Å². The van der Waals surface area contributed by atoms with Crippen molar-refractivity contribution < 1.29 is 14.3 Å². The number of aromatic nitrogens is 3. The van der Waals surface area contributed by atoms with Gasteiger partial charge in [0.15, 0.2) is 0 Å². The van der Waals surface area contributed by atoms with E-state index in [0.717, 1.165) is 53.4 Å². The number of ether oxygens (including phenoxy) is 2. The summed E-state index contributed by atoms with van der Waals surface area (Å²) in [6, 6.07) is 3.99. The van der Waals surface area contributed by atoms with Gasteiger partial charge < -0.3 is 19.4 Å². The summed E-state index contributed by atoms with van der Waals surface area (Å²) in [5.74, 6) is 0.891. The Bertz CT molecular complexity index is 1390. The van der Waals surface area contributed by atoms with Crippen molar-refractivity contribution in [2.45, 2.75) is 44.8 Å². The Kier molecular flexibility index (Phi) is 5.25. The van der Waals surface area contributed by atoms with Crippen molar-refractivity contribution in [3.05, 3.63) is 63.8 Å². The van der Waals surface area contributed by atoms with Crippen LogP contribution in [0, 0.1) is 6.92 Å². The molecule has 1 aliphatic carbocycles. The third-order valence-electron chi connectivity index (χ3n) is 7.07. The number of nitrogens with one attached hydrogen (secondary N) is 1. The van der Waals surface area contributed by atoms with E-state index in [9.17, 15) is 9.59 Å². The number of amides is 1. The zero-order valence-electron chi connectivity index (χ0n) is 19.3. The van der Waals surface area contributed by atoms with Gasteiger partial charge in [0.2, 0.25) is 0 Å². The van der Waals surface area contributed by atoms with E-state index >= 15 is 0 Å². The maximum atomic E-state index is 13.4. The Morgan fingerprint density at radius 2 is 2.00 bits per heavy atom. The number of aromatic amines is 1. The zero-order valence-corrected chi connectivity index (χ0v) is 19.3. The number of hydrogen-bond acceptors (Lipinski definition) is 5. The summed E-state index contributed by atoms with van der Waals surface area (Å²) in [5.41, 5.74) is 2.84. The number of carbonyl (C=O) groups is 1. The number of nitrogens with zero attached hydrogens (tertiary/aromatic N) is 3. The van der Waals surface area contributed by atoms with Gasteiger partial charge in [0, 0.05) is 24.2 Å². The molecule has 2 saturated heterocycles. The second kappa shape index (κ2) is 8.43. The second-order valence-electron chi connectivity index (χ2n) is 9.40. The molecule has 0 radical (unpaired) electrons. The van der Waals surface area contributed by atoms with E-state index in [2.05, 4.69) is 22.2 Å². The van der Waals surface area contributed by atoms with E-state index in [-0.39, 0.29) is 23.6 Å². The highest BCUT2D eigenvalue weighted by Gasteiger charge is 2.34. The molecule has 4 heterocycles. The molecular weight excluding hydrogens is 432 g/mol. The van der Waals surface area contributed by atoms with E-state index < -0.39 is 0 Å². The number of aryl methyl sites for hydroxylation is 1. The first-order valence-electron chi connectivity index (χ1n) is 12.0. The number of carbonyl (C=O) groups excluding carboxylic acids is 1. The van der Waals surface area contributed by atoms with Crippen molar-refractivity contribution in [3.8, 4) is 0 Å². The number of benzene rings is 1. The van der Waals surface area contributed by atoms with Crippen LogP contribution in [0.25, 0.3) is 21.8 Å². The molecule has 8 heteroatoms. The number of allylic oxidation sites excluding steroid dienone is 3. The van der Waals surface area contributed by atoms with Crippen molar-refractivity contribution in [2.75, 3.05) is 26.3 Å². The van der Waals surface area contributed by atoms with Crippen molar-refractivity contribution in [2.24, 2.45) is 0 Å². The van der Waals surface area contributed by atoms with Crippen LogP contribution in [0.5, 0.6) is 0 Å². The van der Waals surface area contributed by atoms with E-state index in [4.69, 9.17) is 9.47 Å². The molecule has 2 aliphatic heterocycles. The molecule has 0 spiro atoms. The van der Waals surface area contributed by atoms with E-state index in [1.807, 2.05) is 34.7 Å². The summed E-state index contributed by atoms with van der Waals surface area (Å²) in [4.78, 5) is 30.9. The number of pyridine rings is 1. The monoisotopic (exact) mass is 460 g/mol. The van der Waals surface area contributed by atoms with Crippen LogP contribution in [-0.2, 0) is 9.47 Å². The molecule has 0 atom stereocenters. The van der Waals surface area contributed by atoms with Gasteiger partial charge in [-0.3, -0.25) is 14.3 Å². The van der Waals surface area contributed by atoms with Gasteiger partial charge in [0.1, 0.15) is 11.9 Å². The molecule has 1 N–H and O–H groups in total. The summed E-state index contributed by atoms with van der Waals surface area (Å²) >= 11 is 0. The highest BCUT2D eigenvalue weighted by Crippen LogP contribution is 2.31. The quantitative estimate of drug-likeness (QED) is 0.643. The Balaban J connectivity index is 1.32. The lowest BCUT2D eigenvalue weighted by Crippen LogP contribution is -2.54. The standard InChI is InChI=1S/C26H28N4O4/c1-16-11-23-21(24-22(25(31)28-23)13-27-30(24)17-7-9-33-10-8-17)12-20(16)26(32)29-14-19(15-29)34-18-5-3-2-4-6-18/h3,5-6,11-13,17,19H,2,4,7-10,14-15H2,1H3,(H,28,31). The van der Waals surface area contributed by atoms with Crippen molar-refractivity contribution in [1.29, 1.82) is 0 Å². The Hall–Kier alpha value is -3.39. The summed E-state index contributed by atoms with van der Waals surface area (Å²) in [6.07, 6.45) is 11.6. The molecule has 1 amide bonds. The lowest BCUT2D eigenvalue weighted by atomic mass is 10.00. The fourth-order valence-corrected chi connectivity index (χ4v) is 5.15. The molecule has 8 nitrogen and oxygen atoms in total. The lowest BCUT2D eigenvalue weighted by Gasteiger charge is -2.39. The van der Waals surface area contributed by atoms with Gasteiger partial charge in [-0.15, -0.1) is 0 Å². The van der Waals surface area contributed by atoms with E-state index in [1.165, 1.54) is 0 Å². The first-order chi connectivity index (χ1) is 16.6. The molecule has 6 rings (SSSR count). The highest BCUT2D eigenvalue weighted by molar-refractivity contribution is 6.07. The van der Waals surface area contributed by atoms with Crippen LogP contribution in [0.15, 0.2) is 47.1 Å². The molecule has 176 valence electrons. The summed E-state index contributed by atoms with van der Waals surface area (Å²) < 4.78 is 13.5. The van der Waals surface area contributed by atoms with Crippen LogP contribution in [0.3, 0.4) is 0 Å². The minimum atomic E-state index is -0.159. The van der Waals surface area contributed by atoms with Gasteiger partial charge in [-0.05, 0) is 62.5 Å². The SMILES string of the molecule is Cc1cc2[nH]c(=O)c3cnn(C4CCOCC4)c3c2cc1C(=O)N1CC(OC2=CCCC=C2)C1. The van der Waals surface area contributed by atoms with Gasteiger partial charge in [0.05, 0.1) is 41.7 Å². The molecule has 3 aromatic rings. The Morgan fingerprint density at radius 3 is 2.76 bits per heavy atom. The van der Waals surface area contributed by atoms with Crippen LogP contribution in [-0.4, -0.2) is 58.0 Å². The first-order valence-corrected chi connectivity index (χ1v) is 12.0. The summed E-state index contributed by atoms with van der Waals surface area (Å²) in [5, 5.41) is 5.97. The Morgan fingerprint density at radius 1 is 1.18 bits per heavy atom. The molecular formula is C26H28N4O4. The third-order valence-corrected chi connectivity index (χ3v) is 7.07. The molecule has 2 fully saturated rings. The normalized spacial score (nSPS) is 19.4. The van der Waals surface area contributed by atoms with Gasteiger partial charge in [-0.2, -0.15) is 5.10 Å². The summed E-state index contributed by atoms with van der Waals surface area (Å²) in [6.45, 7) is 4.42. The molecule has 1 aromatic carbocycles. The van der Waals surface area contributed by atoms with Crippen LogP contribution >= 0.6 is 0 Å². The second-order valence-corrected chi connectivity index (χ2v) is 9.40. The fraction of sp³-hybridized carbons (Fsp3) is 0.423. The van der Waals surface area contributed by atoms with Crippen molar-refractivity contribution in [3.63, 3.8) is 0 Å². The van der Waals surface area contributed by atoms with Gasteiger partial charge >= 0.3 is 0 Å². The topological polar surface area (TPSA) is 89.4 Å². The lowest BCUT2D eigenvalue weighted by molar-refractivity contribution is -0.00968. The smallest absolute Gasteiger partial charge is 0.259 e. The number of rotatable bonds is 4. The highest BCUT2D eigenvalue weighted by atomic mass is 16.5. The maximum absolute atomic E-state index is 13.4. The predicted octanol–water partition coefficient (Wildman–Crippen LogP) is 3.61. The summed E-state index contributed by atoms with van der Waals surface area (Å²) in [7, 11) is 0. The zero-order chi connectivity index (χ0) is 23.2. The van der Waals surface area contributed by atoms with E-state index in [0.29, 0.717) is 37.3 Å². The molecule has 0 unspecified atom stereocenters. The van der Waals surface area contributed by atoms with Gasteiger partial charge in [-0.25, -0.2) is 0 Å². The largest absolute Gasteiger partial charge is 0.487 e. The van der Waals surface area contributed by atoms with Crippen LogP contribution in [0.4, 0.5) is 0 Å². The molecule has 0 bridgehead atoms. The third kappa shape index (κ3) is 3.62. The number of hydrogen-bond donors (Lipinski definition) is 1. The average molecular weight is 461 g/mol. The molecule has 2 aromatic heterocycles. The molecule has 3 aliphatic rings.